The van der Waals surface area contributed by atoms with Crippen molar-refractivity contribution in [3.63, 3.8) is 0 Å². The molecular formula is C13H12. The van der Waals surface area contributed by atoms with Crippen molar-refractivity contribution in [3.05, 3.63) is 35.9 Å². The average molecular weight is 168 g/mol. The van der Waals surface area contributed by atoms with E-state index in [4.69, 9.17) is 12.8 Å². The molecule has 0 heterocycles. The summed E-state index contributed by atoms with van der Waals surface area (Å²) in [6.45, 7) is 0. The summed E-state index contributed by atoms with van der Waals surface area (Å²) in [6.07, 6.45) is 12.1. The van der Waals surface area contributed by atoms with E-state index < -0.39 is 0 Å². The maximum absolute atomic E-state index is 5.36. The molecule has 13 heavy (non-hydrogen) atoms. The van der Waals surface area contributed by atoms with Crippen LogP contribution < -0.4 is 0 Å². The molecule has 0 bridgehead atoms. The molecular weight excluding hydrogens is 156 g/mol. The highest BCUT2D eigenvalue weighted by molar-refractivity contribution is 5.18. The Morgan fingerprint density at radius 3 is 2.38 bits per heavy atom. The highest BCUT2D eigenvalue weighted by Crippen LogP contribution is 2.10. The van der Waals surface area contributed by atoms with Gasteiger partial charge in [-0.25, -0.2) is 0 Å². The van der Waals surface area contributed by atoms with Gasteiger partial charge < -0.3 is 0 Å². The van der Waals surface area contributed by atoms with Crippen LogP contribution in [0.1, 0.15) is 12.0 Å². The van der Waals surface area contributed by atoms with E-state index in [-0.39, 0.29) is 5.92 Å². The molecule has 1 atom stereocenters. The van der Waals surface area contributed by atoms with Gasteiger partial charge in [0, 0.05) is 12.3 Å². The van der Waals surface area contributed by atoms with Crippen LogP contribution in [-0.4, -0.2) is 0 Å². The zero-order valence-electron chi connectivity index (χ0n) is 7.53. The van der Waals surface area contributed by atoms with Crippen molar-refractivity contribution >= 4 is 0 Å². The van der Waals surface area contributed by atoms with Gasteiger partial charge in [-0.1, -0.05) is 30.3 Å². The monoisotopic (exact) mass is 168 g/mol. The molecule has 0 aliphatic rings. The summed E-state index contributed by atoms with van der Waals surface area (Å²) in [5, 5.41) is 0. The quantitative estimate of drug-likeness (QED) is 0.608. The van der Waals surface area contributed by atoms with E-state index in [1.54, 1.807) is 0 Å². The third-order valence-electron chi connectivity index (χ3n) is 1.92. The molecule has 0 amide bonds. The van der Waals surface area contributed by atoms with Crippen LogP contribution in [0.2, 0.25) is 0 Å². The van der Waals surface area contributed by atoms with Gasteiger partial charge in [0.25, 0.3) is 0 Å². The Bertz CT molecular complexity index is 321. The highest BCUT2D eigenvalue weighted by Gasteiger charge is 2.03. The second-order valence-corrected chi connectivity index (χ2v) is 2.96. The maximum Gasteiger partial charge on any atom is 0.0349 e. The number of hydrogen-bond acceptors (Lipinski definition) is 0. The van der Waals surface area contributed by atoms with Gasteiger partial charge in [-0.2, -0.15) is 0 Å². The Balaban J connectivity index is 2.59. The van der Waals surface area contributed by atoms with Gasteiger partial charge in [0.15, 0.2) is 0 Å². The Kier molecular flexibility index (Phi) is 3.68. The van der Waals surface area contributed by atoms with Gasteiger partial charge in [-0.05, 0) is 12.0 Å². The fourth-order valence-electron chi connectivity index (χ4n) is 1.23. The lowest BCUT2D eigenvalue weighted by Crippen LogP contribution is -2.00. The summed E-state index contributed by atoms with van der Waals surface area (Å²) in [7, 11) is 0. The summed E-state index contributed by atoms with van der Waals surface area (Å²) in [5.41, 5.74) is 1.25. The van der Waals surface area contributed by atoms with E-state index in [1.807, 2.05) is 18.2 Å². The van der Waals surface area contributed by atoms with Crippen molar-refractivity contribution in [1.29, 1.82) is 0 Å². The lowest BCUT2D eigenvalue weighted by molar-refractivity contribution is 0.695. The van der Waals surface area contributed by atoms with Crippen LogP contribution >= 0.6 is 0 Å². The Labute approximate surface area is 80.0 Å². The van der Waals surface area contributed by atoms with Crippen molar-refractivity contribution in [2.45, 2.75) is 12.8 Å². The minimum absolute atomic E-state index is 0.174. The molecule has 0 N–H and O–H groups in total. The topological polar surface area (TPSA) is 0 Å². The summed E-state index contributed by atoms with van der Waals surface area (Å²) in [4.78, 5) is 0. The number of rotatable bonds is 3. The third-order valence-corrected chi connectivity index (χ3v) is 1.92. The molecule has 0 saturated carbocycles. The molecule has 0 fully saturated rings. The van der Waals surface area contributed by atoms with Crippen LogP contribution in [0.25, 0.3) is 0 Å². The molecule has 0 aliphatic heterocycles. The molecule has 0 nitrogen and oxygen atoms in total. The Hall–Kier alpha value is -1.66. The Morgan fingerprint density at radius 2 is 1.85 bits per heavy atom. The first kappa shape index (κ1) is 9.43. The fraction of sp³-hybridized carbons (Fsp3) is 0.231. The molecule has 1 rings (SSSR count). The first-order chi connectivity index (χ1) is 6.36. The summed E-state index contributed by atoms with van der Waals surface area (Å²) in [5.74, 6) is 5.48. The lowest BCUT2D eigenvalue weighted by atomic mass is 9.97. The molecule has 1 unspecified atom stereocenters. The SMILES string of the molecule is C#CCC(C#C)Cc1ccccc1. The van der Waals surface area contributed by atoms with E-state index in [9.17, 15) is 0 Å². The zero-order chi connectivity index (χ0) is 9.52. The van der Waals surface area contributed by atoms with Gasteiger partial charge in [0.05, 0.1) is 0 Å². The van der Waals surface area contributed by atoms with Crippen LogP contribution in [0.5, 0.6) is 0 Å². The van der Waals surface area contributed by atoms with Crippen molar-refractivity contribution in [3.8, 4) is 24.7 Å². The van der Waals surface area contributed by atoms with Gasteiger partial charge >= 0.3 is 0 Å². The molecule has 1 aromatic carbocycles. The van der Waals surface area contributed by atoms with Crippen LogP contribution in [0.15, 0.2) is 30.3 Å². The van der Waals surface area contributed by atoms with Gasteiger partial charge in [-0.15, -0.1) is 24.7 Å². The van der Waals surface area contributed by atoms with Crippen LogP contribution in [0, 0.1) is 30.6 Å². The van der Waals surface area contributed by atoms with Crippen molar-refractivity contribution in [2.24, 2.45) is 5.92 Å². The van der Waals surface area contributed by atoms with Gasteiger partial charge in [-0.3, -0.25) is 0 Å². The minimum atomic E-state index is 0.174. The fourth-order valence-corrected chi connectivity index (χ4v) is 1.23. The van der Waals surface area contributed by atoms with Crippen molar-refractivity contribution < 1.29 is 0 Å². The molecule has 0 aliphatic carbocycles. The summed E-state index contributed by atoms with van der Waals surface area (Å²) < 4.78 is 0. The molecule has 0 heteroatoms. The highest BCUT2D eigenvalue weighted by atomic mass is 14.1. The largest absolute Gasteiger partial charge is 0.120 e. The first-order valence-electron chi connectivity index (χ1n) is 4.30. The van der Waals surface area contributed by atoms with Crippen LogP contribution in [0.4, 0.5) is 0 Å². The minimum Gasteiger partial charge on any atom is -0.120 e. The predicted molar refractivity (Wildman–Crippen MR) is 55.9 cm³/mol. The molecule has 0 aromatic heterocycles. The van der Waals surface area contributed by atoms with E-state index in [0.29, 0.717) is 6.42 Å². The van der Waals surface area contributed by atoms with Crippen LogP contribution in [0.3, 0.4) is 0 Å². The van der Waals surface area contributed by atoms with Crippen molar-refractivity contribution in [1.82, 2.24) is 0 Å². The molecule has 0 radical (unpaired) electrons. The second-order valence-electron chi connectivity index (χ2n) is 2.96. The average Bonchev–Trinajstić information content (AvgIpc) is 2.19. The van der Waals surface area contributed by atoms with E-state index in [2.05, 4.69) is 24.0 Å². The van der Waals surface area contributed by atoms with E-state index in [1.165, 1.54) is 5.56 Å². The molecule has 1 aromatic rings. The summed E-state index contributed by atoms with van der Waals surface area (Å²) in [6, 6.07) is 10.2. The Morgan fingerprint density at radius 1 is 1.15 bits per heavy atom. The first-order valence-corrected chi connectivity index (χ1v) is 4.30. The smallest absolute Gasteiger partial charge is 0.0349 e. The van der Waals surface area contributed by atoms with E-state index in [0.717, 1.165) is 6.42 Å². The zero-order valence-corrected chi connectivity index (χ0v) is 7.53. The number of benzene rings is 1. The lowest BCUT2D eigenvalue weighted by Gasteiger charge is -2.06. The number of hydrogen-bond donors (Lipinski definition) is 0. The standard InChI is InChI=1S/C13H12/c1-3-8-12(4-2)11-13-9-6-5-7-10-13/h1-2,5-7,9-10,12H,8,11H2. The number of terminal acetylenes is 2. The molecule has 64 valence electrons. The third kappa shape index (κ3) is 3.06. The van der Waals surface area contributed by atoms with Gasteiger partial charge in [0.2, 0.25) is 0 Å². The van der Waals surface area contributed by atoms with Gasteiger partial charge in [0.1, 0.15) is 0 Å². The van der Waals surface area contributed by atoms with Crippen molar-refractivity contribution in [2.75, 3.05) is 0 Å². The normalized spacial score (nSPS) is 11.2. The molecule has 0 saturated heterocycles. The maximum atomic E-state index is 5.36. The second kappa shape index (κ2) is 5.07. The molecule has 0 spiro atoms. The van der Waals surface area contributed by atoms with Crippen LogP contribution in [-0.2, 0) is 6.42 Å². The van der Waals surface area contributed by atoms with E-state index >= 15 is 0 Å². The summed E-state index contributed by atoms with van der Waals surface area (Å²) >= 11 is 0. The predicted octanol–water partition coefficient (Wildman–Crippen LogP) is 2.50.